The van der Waals surface area contributed by atoms with Crippen LogP contribution in [0.25, 0.3) is 0 Å². The molecule has 1 saturated carbocycles. The molecule has 1 fully saturated rings. The van der Waals surface area contributed by atoms with Crippen LogP contribution >= 0.6 is 24.0 Å². The van der Waals surface area contributed by atoms with Crippen LogP contribution in [-0.2, 0) is 6.42 Å². The lowest BCUT2D eigenvalue weighted by atomic mass is 10.1. The topological polar surface area (TPSA) is 45.7 Å². The molecule has 2 aliphatic rings. The fourth-order valence-electron chi connectivity index (χ4n) is 2.60. The molecule has 1 aliphatic heterocycles. The largest absolute Gasteiger partial charge is 0.488 e. The standard InChI is InChI=1S/C16H23N3O.HI/c1-17-16(18-9-8-12-6-7-12)19-11-14-10-13-4-2-3-5-15(13)20-14;/h2-5,12,14H,6-11H2,1H3,(H2,17,18,19);1H. The number of para-hydroxylation sites is 1. The molecule has 1 unspecified atom stereocenters. The summed E-state index contributed by atoms with van der Waals surface area (Å²) in [6, 6.07) is 8.26. The summed E-state index contributed by atoms with van der Waals surface area (Å²) < 4.78 is 5.91. The summed E-state index contributed by atoms with van der Waals surface area (Å²) in [6.07, 6.45) is 5.24. The fraction of sp³-hybridized carbons (Fsp3) is 0.562. The Kier molecular flexibility index (Phi) is 6.14. The Morgan fingerprint density at radius 1 is 1.29 bits per heavy atom. The van der Waals surface area contributed by atoms with Gasteiger partial charge in [0.05, 0.1) is 6.54 Å². The summed E-state index contributed by atoms with van der Waals surface area (Å²) in [4.78, 5) is 4.25. The Morgan fingerprint density at radius 3 is 2.81 bits per heavy atom. The van der Waals surface area contributed by atoms with E-state index in [4.69, 9.17) is 4.74 Å². The van der Waals surface area contributed by atoms with Crippen LogP contribution in [0.3, 0.4) is 0 Å². The Bertz CT molecular complexity index is 463. The van der Waals surface area contributed by atoms with Crippen molar-refractivity contribution in [3.8, 4) is 5.75 Å². The molecular weight excluding hydrogens is 377 g/mol. The summed E-state index contributed by atoms with van der Waals surface area (Å²) in [6.45, 7) is 1.80. The first-order chi connectivity index (χ1) is 9.85. The lowest BCUT2D eigenvalue weighted by molar-refractivity contribution is 0.235. The van der Waals surface area contributed by atoms with Gasteiger partial charge in [0.1, 0.15) is 11.9 Å². The molecule has 3 rings (SSSR count). The number of benzene rings is 1. The summed E-state index contributed by atoms with van der Waals surface area (Å²) >= 11 is 0. The van der Waals surface area contributed by atoms with Gasteiger partial charge in [0.15, 0.2) is 5.96 Å². The van der Waals surface area contributed by atoms with E-state index >= 15 is 0 Å². The summed E-state index contributed by atoms with van der Waals surface area (Å²) in [7, 11) is 1.82. The van der Waals surface area contributed by atoms with Crippen molar-refractivity contribution in [1.29, 1.82) is 0 Å². The first-order valence-corrected chi connectivity index (χ1v) is 7.54. The van der Waals surface area contributed by atoms with Crippen molar-refractivity contribution in [1.82, 2.24) is 10.6 Å². The Balaban J connectivity index is 0.00000161. The highest BCUT2D eigenvalue weighted by Gasteiger charge is 2.23. The molecule has 0 saturated heterocycles. The van der Waals surface area contributed by atoms with Gasteiger partial charge in [-0.3, -0.25) is 4.99 Å². The number of hydrogen-bond donors (Lipinski definition) is 2. The van der Waals surface area contributed by atoms with E-state index < -0.39 is 0 Å². The average Bonchev–Trinajstić information content (AvgIpc) is 3.19. The van der Waals surface area contributed by atoms with E-state index in [-0.39, 0.29) is 30.1 Å². The van der Waals surface area contributed by atoms with Crippen LogP contribution in [0.4, 0.5) is 0 Å². The maximum Gasteiger partial charge on any atom is 0.191 e. The molecular formula is C16H24IN3O. The van der Waals surface area contributed by atoms with Crippen LogP contribution in [0.15, 0.2) is 29.3 Å². The third-order valence-corrected chi connectivity index (χ3v) is 3.98. The quantitative estimate of drug-likeness (QED) is 0.453. The van der Waals surface area contributed by atoms with Crippen molar-refractivity contribution >= 4 is 29.9 Å². The molecule has 0 spiro atoms. The second-order valence-corrected chi connectivity index (χ2v) is 5.66. The number of fused-ring (bicyclic) bond motifs is 1. The molecule has 116 valence electrons. The summed E-state index contributed by atoms with van der Waals surface area (Å²) in [5, 5.41) is 6.72. The Labute approximate surface area is 143 Å². The molecule has 21 heavy (non-hydrogen) atoms. The van der Waals surface area contributed by atoms with Gasteiger partial charge in [0.25, 0.3) is 0 Å². The second-order valence-electron chi connectivity index (χ2n) is 5.66. The predicted octanol–water partition coefficient (Wildman–Crippen LogP) is 2.57. The van der Waals surface area contributed by atoms with E-state index in [1.807, 2.05) is 19.2 Å². The monoisotopic (exact) mass is 401 g/mol. The highest BCUT2D eigenvalue weighted by Crippen LogP contribution is 2.31. The lowest BCUT2D eigenvalue weighted by Gasteiger charge is -2.15. The average molecular weight is 401 g/mol. The van der Waals surface area contributed by atoms with E-state index in [0.717, 1.165) is 37.1 Å². The molecule has 0 bridgehead atoms. The van der Waals surface area contributed by atoms with Crippen LogP contribution < -0.4 is 15.4 Å². The number of ether oxygens (including phenoxy) is 1. The van der Waals surface area contributed by atoms with Crippen LogP contribution in [0.5, 0.6) is 5.75 Å². The van der Waals surface area contributed by atoms with Crippen molar-refractivity contribution in [3.63, 3.8) is 0 Å². The van der Waals surface area contributed by atoms with Crippen LogP contribution in [0.1, 0.15) is 24.8 Å². The fourth-order valence-corrected chi connectivity index (χ4v) is 2.60. The van der Waals surface area contributed by atoms with Crippen molar-refractivity contribution in [2.45, 2.75) is 31.8 Å². The number of guanidine groups is 1. The third-order valence-electron chi connectivity index (χ3n) is 3.98. The molecule has 4 nitrogen and oxygen atoms in total. The molecule has 1 atom stereocenters. The van der Waals surface area contributed by atoms with Crippen LogP contribution in [0.2, 0.25) is 0 Å². The molecule has 0 radical (unpaired) electrons. The number of nitrogens with zero attached hydrogens (tertiary/aromatic N) is 1. The zero-order chi connectivity index (χ0) is 13.8. The first kappa shape index (κ1) is 16.4. The van der Waals surface area contributed by atoms with Gasteiger partial charge in [-0.15, -0.1) is 24.0 Å². The smallest absolute Gasteiger partial charge is 0.191 e. The van der Waals surface area contributed by atoms with E-state index in [1.165, 1.54) is 24.8 Å². The summed E-state index contributed by atoms with van der Waals surface area (Å²) in [5.74, 6) is 2.86. The van der Waals surface area contributed by atoms with Gasteiger partial charge in [-0.05, 0) is 24.0 Å². The zero-order valence-electron chi connectivity index (χ0n) is 12.5. The lowest BCUT2D eigenvalue weighted by Crippen LogP contribution is -2.42. The highest BCUT2D eigenvalue weighted by atomic mass is 127. The molecule has 1 aliphatic carbocycles. The highest BCUT2D eigenvalue weighted by molar-refractivity contribution is 14.0. The van der Waals surface area contributed by atoms with Crippen molar-refractivity contribution in [3.05, 3.63) is 29.8 Å². The first-order valence-electron chi connectivity index (χ1n) is 7.54. The van der Waals surface area contributed by atoms with Gasteiger partial charge < -0.3 is 15.4 Å². The molecule has 1 heterocycles. The minimum absolute atomic E-state index is 0. The molecule has 0 amide bonds. The Morgan fingerprint density at radius 2 is 2.10 bits per heavy atom. The minimum atomic E-state index is 0. The molecule has 5 heteroatoms. The SMILES string of the molecule is CN=C(NCCC1CC1)NCC1Cc2ccccc2O1.I. The molecule has 1 aromatic carbocycles. The van der Waals surface area contributed by atoms with Crippen molar-refractivity contribution in [2.24, 2.45) is 10.9 Å². The normalized spacial score (nSPS) is 20.2. The van der Waals surface area contributed by atoms with Crippen LogP contribution in [-0.4, -0.2) is 32.2 Å². The number of hydrogen-bond acceptors (Lipinski definition) is 2. The maximum atomic E-state index is 5.91. The van der Waals surface area contributed by atoms with Crippen molar-refractivity contribution < 1.29 is 4.74 Å². The van der Waals surface area contributed by atoms with Crippen LogP contribution in [0, 0.1) is 5.92 Å². The van der Waals surface area contributed by atoms with E-state index in [1.54, 1.807) is 0 Å². The van der Waals surface area contributed by atoms with E-state index in [9.17, 15) is 0 Å². The predicted molar refractivity (Wildman–Crippen MR) is 96.7 cm³/mol. The summed E-state index contributed by atoms with van der Waals surface area (Å²) in [5.41, 5.74) is 1.30. The van der Waals surface area contributed by atoms with E-state index in [0.29, 0.717) is 0 Å². The molecule has 1 aromatic rings. The van der Waals surface area contributed by atoms with Crippen molar-refractivity contribution in [2.75, 3.05) is 20.1 Å². The van der Waals surface area contributed by atoms with Gasteiger partial charge in [-0.25, -0.2) is 0 Å². The van der Waals surface area contributed by atoms with Gasteiger partial charge in [-0.1, -0.05) is 31.0 Å². The van der Waals surface area contributed by atoms with E-state index in [2.05, 4.69) is 27.8 Å². The zero-order valence-corrected chi connectivity index (χ0v) is 14.8. The van der Waals surface area contributed by atoms with Gasteiger partial charge in [0.2, 0.25) is 0 Å². The van der Waals surface area contributed by atoms with Gasteiger partial charge in [0, 0.05) is 20.0 Å². The molecule has 2 N–H and O–H groups in total. The number of aliphatic imine (C=N–C) groups is 1. The second kappa shape index (κ2) is 7.87. The number of rotatable bonds is 5. The number of halogens is 1. The van der Waals surface area contributed by atoms with Gasteiger partial charge in [-0.2, -0.15) is 0 Å². The third kappa shape index (κ3) is 4.76. The minimum Gasteiger partial charge on any atom is -0.488 e. The maximum absolute atomic E-state index is 5.91. The Hall–Kier alpha value is -0.980. The molecule has 0 aromatic heterocycles. The number of nitrogens with one attached hydrogen (secondary N) is 2. The van der Waals surface area contributed by atoms with Gasteiger partial charge >= 0.3 is 0 Å².